The number of hydrogen-bond acceptors (Lipinski definition) is 8. The first-order chi connectivity index (χ1) is 22.1. The maximum absolute atomic E-state index is 13.6. The smallest absolute Gasteiger partial charge is 0.417 e. The molecule has 13 nitrogen and oxygen atoms in total. The van der Waals surface area contributed by atoms with Crippen molar-refractivity contribution < 1.29 is 50.9 Å². The van der Waals surface area contributed by atoms with Crippen molar-refractivity contribution in [3.05, 3.63) is 88.7 Å². The molecule has 0 fully saturated rings. The fraction of sp³-hybridized carbons (Fsp3) is 0.143. The van der Waals surface area contributed by atoms with Crippen LogP contribution in [0.2, 0.25) is 0 Å². The van der Waals surface area contributed by atoms with E-state index in [0.29, 0.717) is 12.1 Å². The molecule has 0 aliphatic heterocycles. The zero-order chi connectivity index (χ0) is 34.3. The third kappa shape index (κ3) is 6.63. The van der Waals surface area contributed by atoms with Crippen LogP contribution in [0.25, 0.3) is 34.2 Å². The number of rotatable bonds is 8. The van der Waals surface area contributed by atoms with Crippen LogP contribution in [-0.2, 0) is 12.4 Å². The fourth-order valence-corrected chi connectivity index (χ4v) is 4.39. The summed E-state index contributed by atoms with van der Waals surface area (Å²) in [5, 5.41) is 36.4. The highest BCUT2D eigenvalue weighted by atomic mass is 19.4. The average Bonchev–Trinajstić information content (AvgIpc) is 3.71. The monoisotopic (exact) mass is 660 g/mol. The maximum atomic E-state index is 13.6. The molecule has 2 aromatic carbocycles. The zero-order valence-corrected chi connectivity index (χ0v) is 23.5. The topological polar surface area (TPSA) is 178 Å². The summed E-state index contributed by atoms with van der Waals surface area (Å²) in [4.78, 5) is 39.8. The molecule has 0 atom stereocenters. The number of nitrogens with one attached hydrogen (secondary N) is 1. The number of halogens is 6. The number of carboxylic acid groups (broad SMARTS) is 2. The van der Waals surface area contributed by atoms with Gasteiger partial charge in [0, 0.05) is 12.1 Å². The number of carbonyl (C=O) groups excluding carboxylic acids is 1. The third-order valence-electron chi connectivity index (χ3n) is 6.54. The molecular weight excluding hydrogens is 642 g/mol. The highest BCUT2D eigenvalue weighted by molar-refractivity contribution is 5.96. The summed E-state index contributed by atoms with van der Waals surface area (Å²) in [6.45, 7) is 1.90. The van der Waals surface area contributed by atoms with Crippen molar-refractivity contribution in [2.45, 2.75) is 19.3 Å². The molecule has 3 aromatic heterocycles. The lowest BCUT2D eigenvalue weighted by Gasteiger charge is -2.12. The van der Waals surface area contributed by atoms with Crippen LogP contribution in [0, 0.1) is 0 Å². The van der Waals surface area contributed by atoms with Crippen molar-refractivity contribution in [1.29, 1.82) is 0 Å². The van der Waals surface area contributed by atoms with Gasteiger partial charge in [-0.3, -0.25) is 4.79 Å². The number of aromatic carboxylic acids is 2. The number of alkyl halides is 6. The minimum atomic E-state index is -4.99. The van der Waals surface area contributed by atoms with Gasteiger partial charge in [-0.2, -0.15) is 26.3 Å². The predicted octanol–water partition coefficient (Wildman–Crippen LogP) is 4.76. The number of carboxylic acids is 2. The van der Waals surface area contributed by atoms with Crippen LogP contribution in [0.1, 0.15) is 49.1 Å². The van der Waals surface area contributed by atoms with E-state index < -0.39 is 52.5 Å². The molecule has 0 saturated heterocycles. The predicted molar refractivity (Wildman–Crippen MR) is 147 cm³/mol. The molecule has 19 heteroatoms. The molecule has 0 bridgehead atoms. The Balaban J connectivity index is 1.56. The van der Waals surface area contributed by atoms with E-state index in [-0.39, 0.29) is 46.3 Å². The Morgan fingerprint density at radius 3 is 1.49 bits per heavy atom. The number of nitrogens with zero attached hydrogens (tertiary/aromatic N) is 7. The van der Waals surface area contributed by atoms with Gasteiger partial charge in [-0.15, -0.1) is 10.2 Å². The molecule has 5 aromatic rings. The number of amides is 1. The van der Waals surface area contributed by atoms with Gasteiger partial charge in [0.15, 0.2) is 0 Å². The summed E-state index contributed by atoms with van der Waals surface area (Å²) >= 11 is 0. The van der Waals surface area contributed by atoms with Crippen molar-refractivity contribution in [3.63, 3.8) is 0 Å². The van der Waals surface area contributed by atoms with Gasteiger partial charge < -0.3 is 15.5 Å². The molecule has 1 amide bonds. The largest absolute Gasteiger partial charge is 0.478 e. The van der Waals surface area contributed by atoms with E-state index in [2.05, 4.69) is 30.9 Å². The first-order valence-corrected chi connectivity index (χ1v) is 13.1. The standard InChI is InChI=1S/C28H18F6N8O5/c1-2-35-24(43)13-7-20(22-11-41(39-37-22)14-3-5-16(25(44)45)18(9-14)27(29,30)31)36-21(8-13)23-12-42(40-38-23)15-4-6-17(26(46)47)19(10-15)28(32,33)34/h3-12H,2H2,1H3,(H,35,43)(H,44,45)(H,46,47). The first kappa shape index (κ1) is 32.3. The van der Waals surface area contributed by atoms with Crippen molar-refractivity contribution in [1.82, 2.24) is 40.3 Å². The molecule has 0 aliphatic rings. The summed E-state index contributed by atoms with van der Waals surface area (Å²) in [7, 11) is 0. The lowest BCUT2D eigenvalue weighted by Crippen LogP contribution is -2.22. The Labute approximate surface area is 258 Å². The van der Waals surface area contributed by atoms with Crippen LogP contribution in [-0.4, -0.2) is 69.6 Å². The van der Waals surface area contributed by atoms with E-state index in [1.165, 1.54) is 24.5 Å². The van der Waals surface area contributed by atoms with Gasteiger partial charge in [0.25, 0.3) is 5.91 Å². The van der Waals surface area contributed by atoms with Gasteiger partial charge in [-0.25, -0.2) is 23.9 Å². The number of carbonyl (C=O) groups is 3. The maximum Gasteiger partial charge on any atom is 0.417 e. The SMILES string of the molecule is CCNC(=O)c1cc(-c2cn(-c3ccc(C(=O)O)c(C(F)(F)F)c3)nn2)nc(-c2cn(-c3ccc(C(=O)O)c(C(F)(F)F)c3)nn2)c1. The number of benzene rings is 2. The van der Waals surface area contributed by atoms with Crippen LogP contribution in [0.5, 0.6) is 0 Å². The second kappa shape index (κ2) is 12.0. The van der Waals surface area contributed by atoms with Gasteiger partial charge in [0.1, 0.15) is 11.4 Å². The fourth-order valence-electron chi connectivity index (χ4n) is 4.39. The zero-order valence-electron chi connectivity index (χ0n) is 23.5. The second-order valence-electron chi connectivity index (χ2n) is 9.65. The molecule has 5 rings (SSSR count). The van der Waals surface area contributed by atoms with Crippen molar-refractivity contribution in [2.24, 2.45) is 0 Å². The first-order valence-electron chi connectivity index (χ1n) is 13.1. The number of hydrogen-bond donors (Lipinski definition) is 3. The van der Waals surface area contributed by atoms with Gasteiger partial charge in [-0.05, 0) is 55.5 Å². The second-order valence-corrected chi connectivity index (χ2v) is 9.65. The van der Waals surface area contributed by atoms with Crippen LogP contribution < -0.4 is 5.32 Å². The Morgan fingerprint density at radius 1 is 0.702 bits per heavy atom. The van der Waals surface area contributed by atoms with Crippen LogP contribution in [0.15, 0.2) is 60.9 Å². The van der Waals surface area contributed by atoms with E-state index in [0.717, 1.165) is 33.6 Å². The minimum absolute atomic E-state index is 0.00655. The van der Waals surface area contributed by atoms with Crippen molar-refractivity contribution in [2.75, 3.05) is 6.54 Å². The van der Waals surface area contributed by atoms with E-state index >= 15 is 0 Å². The van der Waals surface area contributed by atoms with Crippen molar-refractivity contribution >= 4 is 17.8 Å². The lowest BCUT2D eigenvalue weighted by molar-refractivity contribution is -0.138. The van der Waals surface area contributed by atoms with Crippen molar-refractivity contribution in [3.8, 4) is 34.2 Å². The lowest BCUT2D eigenvalue weighted by atomic mass is 10.1. The van der Waals surface area contributed by atoms with Gasteiger partial charge in [0.2, 0.25) is 0 Å². The molecule has 3 heterocycles. The molecule has 0 aliphatic carbocycles. The third-order valence-corrected chi connectivity index (χ3v) is 6.54. The quantitative estimate of drug-likeness (QED) is 0.197. The number of pyridine rings is 1. The highest BCUT2D eigenvalue weighted by Crippen LogP contribution is 2.35. The normalized spacial score (nSPS) is 11.8. The summed E-state index contributed by atoms with van der Waals surface area (Å²) in [6.07, 6.45) is -7.62. The Hall–Kier alpha value is -6.14. The summed E-state index contributed by atoms with van der Waals surface area (Å²) in [6, 6.07) is 7.49. The molecule has 0 unspecified atom stereocenters. The van der Waals surface area contributed by atoms with Crippen LogP contribution >= 0.6 is 0 Å². The van der Waals surface area contributed by atoms with Gasteiger partial charge >= 0.3 is 24.3 Å². The minimum Gasteiger partial charge on any atom is -0.478 e. The summed E-state index contributed by atoms with van der Waals surface area (Å²) in [5.41, 5.74) is -5.17. The molecule has 0 radical (unpaired) electrons. The van der Waals surface area contributed by atoms with E-state index in [9.17, 15) is 40.7 Å². The molecular formula is C28H18F6N8O5. The van der Waals surface area contributed by atoms with E-state index in [1.807, 2.05) is 0 Å². The summed E-state index contributed by atoms with van der Waals surface area (Å²) in [5.74, 6) is -4.12. The molecule has 0 saturated carbocycles. The molecule has 3 N–H and O–H groups in total. The van der Waals surface area contributed by atoms with Crippen LogP contribution in [0.3, 0.4) is 0 Å². The van der Waals surface area contributed by atoms with E-state index in [1.54, 1.807) is 6.92 Å². The average molecular weight is 660 g/mol. The van der Waals surface area contributed by atoms with Crippen LogP contribution in [0.4, 0.5) is 26.3 Å². The summed E-state index contributed by atoms with van der Waals surface area (Å²) < 4.78 is 83.2. The van der Waals surface area contributed by atoms with Gasteiger partial charge in [-0.1, -0.05) is 10.4 Å². The molecule has 0 spiro atoms. The Bertz CT molecular complexity index is 1900. The Kier molecular flexibility index (Phi) is 8.23. The van der Waals surface area contributed by atoms with Gasteiger partial charge in [0.05, 0.1) is 57.4 Å². The van der Waals surface area contributed by atoms with E-state index in [4.69, 9.17) is 10.2 Å². The highest BCUT2D eigenvalue weighted by Gasteiger charge is 2.37. The molecule has 242 valence electrons. The Morgan fingerprint density at radius 2 is 1.13 bits per heavy atom. The number of aromatic nitrogens is 7. The molecule has 47 heavy (non-hydrogen) atoms.